The Morgan fingerprint density at radius 3 is 1.91 bits per heavy atom. The average molecular weight is 610 g/mol. The van der Waals surface area contributed by atoms with Crippen molar-refractivity contribution in [1.29, 1.82) is 0 Å². The Balaban J connectivity index is 3.06. The molecule has 1 aromatic carbocycles. The van der Waals surface area contributed by atoms with Gasteiger partial charge in [0, 0.05) is 6.42 Å². The van der Waals surface area contributed by atoms with E-state index in [0.717, 1.165) is 6.92 Å². The van der Waals surface area contributed by atoms with Gasteiger partial charge < -0.3 is 47.1 Å². The highest BCUT2D eigenvalue weighted by molar-refractivity contribution is 5.95. The smallest absolute Gasteiger partial charge is 0.408 e. The second-order valence-corrected chi connectivity index (χ2v) is 10.2. The van der Waals surface area contributed by atoms with Crippen LogP contribution in [0.2, 0.25) is 0 Å². The number of aliphatic hydroxyl groups excluding tert-OH is 1. The third kappa shape index (κ3) is 14.1. The maximum absolute atomic E-state index is 13.2. The molecule has 0 aromatic heterocycles. The molecular weight excluding hydrogens is 570 g/mol. The molecule has 0 heterocycles. The molecule has 16 heteroatoms. The molecular formula is C27H39N5O11. The van der Waals surface area contributed by atoms with E-state index in [1.807, 2.05) is 5.32 Å². The van der Waals surface area contributed by atoms with Crippen molar-refractivity contribution in [2.24, 2.45) is 11.7 Å². The molecule has 9 N–H and O–H groups in total. The third-order valence-corrected chi connectivity index (χ3v) is 5.90. The van der Waals surface area contributed by atoms with Gasteiger partial charge in [0.2, 0.25) is 23.6 Å². The minimum absolute atomic E-state index is 0.0651. The van der Waals surface area contributed by atoms with Gasteiger partial charge in [-0.25, -0.2) is 9.59 Å². The normalized spacial score (nSPS) is 14.3. The molecule has 0 saturated heterocycles. The molecule has 0 aliphatic heterocycles. The number of benzene rings is 1. The number of hydrogen-bond donors (Lipinski definition) is 8. The highest BCUT2D eigenvalue weighted by Gasteiger charge is 2.34. The zero-order chi connectivity index (χ0) is 32.7. The van der Waals surface area contributed by atoms with Crippen molar-refractivity contribution < 1.29 is 53.6 Å². The highest BCUT2D eigenvalue weighted by atomic mass is 16.5. The first-order valence-corrected chi connectivity index (χ1v) is 13.4. The molecule has 238 valence electrons. The predicted octanol–water partition coefficient (Wildman–Crippen LogP) is -1.01. The number of hydrogen-bond acceptors (Lipinski definition) is 9. The summed E-state index contributed by atoms with van der Waals surface area (Å²) >= 11 is 0. The lowest BCUT2D eigenvalue weighted by atomic mass is 10.0. The highest BCUT2D eigenvalue weighted by Crippen LogP contribution is 2.09. The van der Waals surface area contributed by atoms with Gasteiger partial charge in [0.15, 0.2) is 0 Å². The molecule has 5 atom stereocenters. The zero-order valence-corrected chi connectivity index (χ0v) is 24.1. The lowest BCUT2D eigenvalue weighted by Crippen LogP contribution is -2.60. The van der Waals surface area contributed by atoms with Crippen molar-refractivity contribution in [2.45, 2.75) is 83.3 Å². The van der Waals surface area contributed by atoms with Crippen molar-refractivity contribution in [1.82, 2.24) is 21.3 Å². The van der Waals surface area contributed by atoms with Gasteiger partial charge in [0.05, 0.1) is 12.5 Å². The first kappa shape index (κ1) is 36.3. The molecule has 1 aromatic rings. The van der Waals surface area contributed by atoms with Crippen LogP contribution >= 0.6 is 0 Å². The van der Waals surface area contributed by atoms with E-state index in [1.54, 1.807) is 44.2 Å². The van der Waals surface area contributed by atoms with Gasteiger partial charge in [-0.3, -0.25) is 24.0 Å². The molecule has 0 radical (unpaired) electrons. The second kappa shape index (κ2) is 17.9. The maximum atomic E-state index is 13.2. The molecule has 0 bridgehead atoms. The van der Waals surface area contributed by atoms with E-state index >= 15 is 0 Å². The summed E-state index contributed by atoms with van der Waals surface area (Å²) in [6.45, 7) is 4.62. The summed E-state index contributed by atoms with van der Waals surface area (Å²) < 4.78 is 5.18. The fraction of sp³-hybridized carbons (Fsp3) is 0.519. The molecule has 0 aliphatic carbocycles. The van der Waals surface area contributed by atoms with Crippen molar-refractivity contribution >= 4 is 41.7 Å². The number of carbonyl (C=O) groups excluding carboxylic acids is 5. The number of carboxylic acids is 2. The Bertz CT molecular complexity index is 1140. The van der Waals surface area contributed by atoms with E-state index in [4.69, 9.17) is 15.6 Å². The number of ether oxygens (including phenoxy) is 1. The van der Waals surface area contributed by atoms with Crippen LogP contribution in [0.5, 0.6) is 0 Å². The van der Waals surface area contributed by atoms with E-state index in [-0.39, 0.29) is 31.8 Å². The van der Waals surface area contributed by atoms with Crippen molar-refractivity contribution in [2.75, 3.05) is 0 Å². The van der Waals surface area contributed by atoms with E-state index in [1.165, 1.54) is 0 Å². The predicted molar refractivity (Wildman–Crippen MR) is 149 cm³/mol. The van der Waals surface area contributed by atoms with Crippen LogP contribution in [0, 0.1) is 5.92 Å². The fourth-order valence-corrected chi connectivity index (χ4v) is 3.73. The quantitative estimate of drug-likeness (QED) is 0.0999. The van der Waals surface area contributed by atoms with Crippen LogP contribution in [0.4, 0.5) is 4.79 Å². The monoisotopic (exact) mass is 609 g/mol. The van der Waals surface area contributed by atoms with Gasteiger partial charge in [-0.05, 0) is 31.2 Å². The molecule has 16 nitrogen and oxygen atoms in total. The Kier molecular flexibility index (Phi) is 15.1. The number of alkyl carbamates (subject to hydrolysis) is 1. The number of rotatable bonds is 18. The summed E-state index contributed by atoms with van der Waals surface area (Å²) in [6.07, 6.45) is -4.03. The first-order valence-electron chi connectivity index (χ1n) is 13.4. The standard InChI is InChI=1S/C27H39N5O11/c1-14(2)11-18(31-27(42)43-13-16-7-5-4-6-8-16)24(38)29-17(9-10-20(28)34)23(37)32-22(15(3)33)25(39)30-19(26(40)41)12-21(35)36/h4-8,14-15,17-19,22,33H,9-13H2,1-3H3,(H2,28,34)(H,29,38)(H,30,39)(H,31,42)(H,32,37)(H,35,36)(H,40,41)/t15-,17+,18+,19+,22+/m1/s1. The number of aliphatic carboxylic acids is 2. The van der Waals surface area contributed by atoms with Crippen molar-refractivity contribution in [3.8, 4) is 0 Å². The van der Waals surface area contributed by atoms with Gasteiger partial charge in [-0.1, -0.05) is 44.2 Å². The number of aliphatic hydroxyl groups is 1. The number of primary amides is 1. The van der Waals surface area contributed by atoms with Gasteiger partial charge in [-0.15, -0.1) is 0 Å². The Morgan fingerprint density at radius 1 is 0.814 bits per heavy atom. The molecule has 43 heavy (non-hydrogen) atoms. The Labute approximate surface area is 247 Å². The summed E-state index contributed by atoms with van der Waals surface area (Å²) in [5, 5.41) is 37.2. The summed E-state index contributed by atoms with van der Waals surface area (Å²) in [5.41, 5.74) is 5.91. The summed E-state index contributed by atoms with van der Waals surface area (Å²) in [7, 11) is 0. The SMILES string of the molecule is CC(C)C[C@H](NC(=O)OCc1ccccc1)C(=O)N[C@@H](CCC(N)=O)C(=O)N[C@H](C(=O)N[C@@H](CC(=O)O)C(=O)O)[C@@H](C)O. The summed E-state index contributed by atoms with van der Waals surface area (Å²) in [4.78, 5) is 85.2. The minimum Gasteiger partial charge on any atom is -0.481 e. The van der Waals surface area contributed by atoms with Gasteiger partial charge in [-0.2, -0.15) is 0 Å². The molecule has 0 aliphatic rings. The second-order valence-electron chi connectivity index (χ2n) is 10.2. The van der Waals surface area contributed by atoms with E-state index in [2.05, 4.69) is 16.0 Å². The molecule has 0 saturated carbocycles. The van der Waals surface area contributed by atoms with E-state index < -0.39 is 78.4 Å². The van der Waals surface area contributed by atoms with Crippen LogP contribution in [0.25, 0.3) is 0 Å². The van der Waals surface area contributed by atoms with Crippen LogP contribution in [0.1, 0.15) is 52.0 Å². The fourth-order valence-electron chi connectivity index (χ4n) is 3.73. The molecule has 0 fully saturated rings. The molecule has 0 unspecified atom stereocenters. The van der Waals surface area contributed by atoms with Crippen LogP contribution in [0.15, 0.2) is 30.3 Å². The summed E-state index contributed by atoms with van der Waals surface area (Å²) in [6, 6.07) is 2.50. The lowest BCUT2D eigenvalue weighted by Gasteiger charge is -2.27. The number of carbonyl (C=O) groups is 7. The van der Waals surface area contributed by atoms with Crippen LogP contribution in [-0.2, 0) is 40.1 Å². The average Bonchev–Trinajstić information content (AvgIpc) is 2.91. The first-order chi connectivity index (χ1) is 20.1. The molecule has 0 spiro atoms. The van der Waals surface area contributed by atoms with Crippen LogP contribution < -0.4 is 27.0 Å². The lowest BCUT2D eigenvalue weighted by molar-refractivity contribution is -0.148. The zero-order valence-electron chi connectivity index (χ0n) is 24.1. The van der Waals surface area contributed by atoms with Crippen LogP contribution in [-0.4, -0.2) is 87.3 Å². The molecule has 1 rings (SSSR count). The Morgan fingerprint density at radius 2 is 1.40 bits per heavy atom. The summed E-state index contributed by atoms with van der Waals surface area (Å²) in [5.74, 6) is -7.17. The topological polar surface area (TPSA) is 264 Å². The van der Waals surface area contributed by atoms with Crippen molar-refractivity contribution in [3.05, 3.63) is 35.9 Å². The Hall–Kier alpha value is -4.73. The molecule has 5 amide bonds. The van der Waals surface area contributed by atoms with Gasteiger partial charge >= 0.3 is 18.0 Å². The largest absolute Gasteiger partial charge is 0.481 e. The maximum Gasteiger partial charge on any atom is 0.408 e. The van der Waals surface area contributed by atoms with Gasteiger partial charge in [0.25, 0.3) is 0 Å². The number of nitrogens with one attached hydrogen (secondary N) is 4. The van der Waals surface area contributed by atoms with Crippen LogP contribution in [0.3, 0.4) is 0 Å². The minimum atomic E-state index is -1.86. The number of carboxylic acid groups (broad SMARTS) is 2. The van der Waals surface area contributed by atoms with E-state index in [0.29, 0.717) is 5.56 Å². The number of nitrogens with two attached hydrogens (primary N) is 1. The third-order valence-electron chi connectivity index (χ3n) is 5.90. The van der Waals surface area contributed by atoms with E-state index in [9.17, 15) is 43.8 Å². The number of amides is 5. The van der Waals surface area contributed by atoms with Gasteiger partial charge in [0.1, 0.15) is 30.8 Å². The van der Waals surface area contributed by atoms with Crippen molar-refractivity contribution in [3.63, 3.8) is 0 Å².